The number of ether oxygens (including phenoxy) is 1. The van der Waals surface area contributed by atoms with Crippen molar-refractivity contribution in [2.45, 2.75) is 26.8 Å². The third-order valence-electron chi connectivity index (χ3n) is 3.94. The first-order chi connectivity index (χ1) is 9.51. The molecule has 1 fully saturated rings. The highest BCUT2D eigenvalue weighted by molar-refractivity contribution is 5.89. The summed E-state index contributed by atoms with van der Waals surface area (Å²) in [5, 5.41) is 0. The van der Waals surface area contributed by atoms with Gasteiger partial charge in [0.15, 0.2) is 0 Å². The van der Waals surface area contributed by atoms with Gasteiger partial charge in [-0.1, -0.05) is 26.0 Å². The minimum absolute atomic E-state index is 0.223. The Morgan fingerprint density at radius 1 is 1.35 bits per heavy atom. The summed E-state index contributed by atoms with van der Waals surface area (Å²) in [6.07, 6.45) is 0.651. The van der Waals surface area contributed by atoms with E-state index in [0.717, 1.165) is 12.1 Å². The quantitative estimate of drug-likeness (QED) is 0.793. The standard InChI is InChI=1S/C16H21NO3/c1-11(2)14-8-15(18)17(10-14)9-12-4-6-13(7-5-12)16(19)20-3/h4-7,11,14H,8-10H2,1-3H3. The molecule has 1 aliphatic rings. The molecule has 0 aromatic heterocycles. The summed E-state index contributed by atoms with van der Waals surface area (Å²) in [6.45, 7) is 5.76. The molecule has 0 bridgehead atoms. The number of nitrogens with zero attached hydrogens (tertiary/aromatic N) is 1. The van der Waals surface area contributed by atoms with E-state index in [2.05, 4.69) is 18.6 Å². The van der Waals surface area contributed by atoms with E-state index in [1.165, 1.54) is 7.11 Å². The number of hydrogen-bond acceptors (Lipinski definition) is 3. The number of esters is 1. The summed E-state index contributed by atoms with van der Waals surface area (Å²) < 4.78 is 4.66. The van der Waals surface area contributed by atoms with Crippen LogP contribution in [0.4, 0.5) is 0 Å². The van der Waals surface area contributed by atoms with Gasteiger partial charge in [0.1, 0.15) is 0 Å². The van der Waals surface area contributed by atoms with Crippen LogP contribution < -0.4 is 0 Å². The van der Waals surface area contributed by atoms with Gasteiger partial charge in [-0.05, 0) is 29.5 Å². The van der Waals surface area contributed by atoms with E-state index < -0.39 is 0 Å². The Bertz CT molecular complexity index is 493. The molecule has 1 unspecified atom stereocenters. The molecule has 4 heteroatoms. The van der Waals surface area contributed by atoms with Crippen molar-refractivity contribution in [1.29, 1.82) is 0 Å². The number of carbonyl (C=O) groups excluding carboxylic acids is 2. The first kappa shape index (κ1) is 14.6. The molecule has 1 saturated heterocycles. The highest BCUT2D eigenvalue weighted by atomic mass is 16.5. The van der Waals surface area contributed by atoms with Crippen molar-refractivity contribution in [3.8, 4) is 0 Å². The van der Waals surface area contributed by atoms with Gasteiger partial charge in [0, 0.05) is 19.5 Å². The molecule has 4 nitrogen and oxygen atoms in total. The Morgan fingerprint density at radius 3 is 2.50 bits per heavy atom. The largest absolute Gasteiger partial charge is 0.465 e. The van der Waals surface area contributed by atoms with Crippen LogP contribution in [0.5, 0.6) is 0 Å². The molecular weight excluding hydrogens is 254 g/mol. The Balaban J connectivity index is 2.00. The normalized spacial score (nSPS) is 18.7. The molecule has 1 heterocycles. The van der Waals surface area contributed by atoms with Crippen molar-refractivity contribution < 1.29 is 14.3 Å². The van der Waals surface area contributed by atoms with Crippen LogP contribution in [0.3, 0.4) is 0 Å². The summed E-state index contributed by atoms with van der Waals surface area (Å²) in [5.41, 5.74) is 1.57. The SMILES string of the molecule is COC(=O)c1ccc(CN2CC(C(C)C)CC2=O)cc1. The van der Waals surface area contributed by atoms with Crippen molar-refractivity contribution in [3.05, 3.63) is 35.4 Å². The second-order valence-corrected chi connectivity index (χ2v) is 5.67. The van der Waals surface area contributed by atoms with Crippen molar-refractivity contribution in [2.24, 2.45) is 11.8 Å². The molecule has 1 aromatic carbocycles. The lowest BCUT2D eigenvalue weighted by Gasteiger charge is -2.18. The number of rotatable bonds is 4. The molecular formula is C16H21NO3. The van der Waals surface area contributed by atoms with Crippen LogP contribution >= 0.6 is 0 Å². The van der Waals surface area contributed by atoms with Crippen LogP contribution in [0.15, 0.2) is 24.3 Å². The van der Waals surface area contributed by atoms with Crippen molar-refractivity contribution in [1.82, 2.24) is 4.90 Å². The number of methoxy groups -OCH3 is 1. The molecule has 1 atom stereocenters. The van der Waals surface area contributed by atoms with E-state index in [-0.39, 0.29) is 11.9 Å². The topological polar surface area (TPSA) is 46.6 Å². The number of amides is 1. The molecule has 1 amide bonds. The third-order valence-corrected chi connectivity index (χ3v) is 3.94. The Morgan fingerprint density at radius 2 is 2.00 bits per heavy atom. The lowest BCUT2D eigenvalue weighted by molar-refractivity contribution is -0.128. The van der Waals surface area contributed by atoms with Gasteiger partial charge >= 0.3 is 5.97 Å². The monoisotopic (exact) mass is 275 g/mol. The lowest BCUT2D eigenvalue weighted by Crippen LogP contribution is -2.25. The molecule has 1 aromatic rings. The zero-order valence-electron chi connectivity index (χ0n) is 12.3. The van der Waals surface area contributed by atoms with Gasteiger partial charge in [0.2, 0.25) is 5.91 Å². The Labute approximate surface area is 119 Å². The smallest absolute Gasteiger partial charge is 0.337 e. The minimum atomic E-state index is -0.339. The fourth-order valence-corrected chi connectivity index (χ4v) is 2.49. The Hall–Kier alpha value is -1.84. The lowest BCUT2D eigenvalue weighted by atomic mass is 9.95. The maximum absolute atomic E-state index is 12.0. The summed E-state index contributed by atoms with van der Waals surface area (Å²) in [7, 11) is 1.37. The summed E-state index contributed by atoms with van der Waals surface area (Å²) in [6, 6.07) is 7.23. The van der Waals surface area contributed by atoms with Crippen LogP contribution in [-0.2, 0) is 16.1 Å². The van der Waals surface area contributed by atoms with Crippen LogP contribution in [0.1, 0.15) is 36.2 Å². The highest BCUT2D eigenvalue weighted by Gasteiger charge is 2.31. The minimum Gasteiger partial charge on any atom is -0.465 e. The third kappa shape index (κ3) is 3.18. The second-order valence-electron chi connectivity index (χ2n) is 5.67. The summed E-state index contributed by atoms with van der Waals surface area (Å²) in [4.78, 5) is 25.2. The van der Waals surface area contributed by atoms with Crippen LogP contribution in [0.2, 0.25) is 0 Å². The van der Waals surface area contributed by atoms with E-state index in [0.29, 0.717) is 30.4 Å². The van der Waals surface area contributed by atoms with Gasteiger partial charge in [-0.2, -0.15) is 0 Å². The van der Waals surface area contributed by atoms with Gasteiger partial charge in [0.25, 0.3) is 0 Å². The molecule has 108 valence electrons. The van der Waals surface area contributed by atoms with Gasteiger partial charge in [0.05, 0.1) is 12.7 Å². The van der Waals surface area contributed by atoms with Crippen LogP contribution in [0, 0.1) is 11.8 Å². The van der Waals surface area contributed by atoms with Crippen molar-refractivity contribution in [3.63, 3.8) is 0 Å². The van der Waals surface area contributed by atoms with E-state index in [1.807, 2.05) is 17.0 Å². The zero-order valence-corrected chi connectivity index (χ0v) is 12.3. The Kier molecular flexibility index (Phi) is 4.42. The summed E-state index contributed by atoms with van der Waals surface area (Å²) >= 11 is 0. The average molecular weight is 275 g/mol. The average Bonchev–Trinajstić information content (AvgIpc) is 2.80. The fourth-order valence-electron chi connectivity index (χ4n) is 2.49. The second kappa shape index (κ2) is 6.07. The fraction of sp³-hybridized carbons (Fsp3) is 0.500. The van der Waals surface area contributed by atoms with E-state index in [1.54, 1.807) is 12.1 Å². The zero-order chi connectivity index (χ0) is 14.7. The molecule has 0 radical (unpaired) electrons. The number of carbonyl (C=O) groups is 2. The summed E-state index contributed by atoms with van der Waals surface area (Å²) in [5.74, 6) is 0.872. The van der Waals surface area contributed by atoms with Crippen LogP contribution in [0.25, 0.3) is 0 Å². The van der Waals surface area contributed by atoms with E-state index in [9.17, 15) is 9.59 Å². The molecule has 0 saturated carbocycles. The van der Waals surface area contributed by atoms with E-state index >= 15 is 0 Å². The molecule has 20 heavy (non-hydrogen) atoms. The van der Waals surface area contributed by atoms with Gasteiger partial charge in [-0.25, -0.2) is 4.79 Å². The van der Waals surface area contributed by atoms with Crippen molar-refractivity contribution in [2.75, 3.05) is 13.7 Å². The van der Waals surface area contributed by atoms with E-state index in [4.69, 9.17) is 0 Å². The number of benzene rings is 1. The first-order valence-electron chi connectivity index (χ1n) is 6.96. The maximum Gasteiger partial charge on any atom is 0.337 e. The first-order valence-corrected chi connectivity index (χ1v) is 6.96. The number of likely N-dealkylation sites (tertiary alicyclic amines) is 1. The predicted octanol–water partition coefficient (Wildman–Crippen LogP) is 2.48. The molecule has 0 spiro atoms. The molecule has 0 N–H and O–H groups in total. The molecule has 0 aliphatic carbocycles. The molecule has 1 aliphatic heterocycles. The van der Waals surface area contributed by atoms with Gasteiger partial charge in [-0.3, -0.25) is 4.79 Å². The van der Waals surface area contributed by atoms with Crippen LogP contribution in [-0.4, -0.2) is 30.4 Å². The van der Waals surface area contributed by atoms with Gasteiger partial charge in [-0.15, -0.1) is 0 Å². The van der Waals surface area contributed by atoms with Crippen molar-refractivity contribution >= 4 is 11.9 Å². The molecule has 2 rings (SSSR count). The number of hydrogen-bond donors (Lipinski definition) is 0. The highest BCUT2D eigenvalue weighted by Crippen LogP contribution is 2.26. The maximum atomic E-state index is 12.0. The predicted molar refractivity (Wildman–Crippen MR) is 76.1 cm³/mol. The van der Waals surface area contributed by atoms with Gasteiger partial charge < -0.3 is 9.64 Å².